The van der Waals surface area contributed by atoms with Crippen molar-refractivity contribution in [2.24, 2.45) is 0 Å². The van der Waals surface area contributed by atoms with Crippen LogP contribution in [0.4, 0.5) is 0 Å². The molecule has 62 valence electrons. The third kappa shape index (κ3) is 1.94. The number of hydrogen-bond acceptors (Lipinski definition) is 2. The Morgan fingerprint density at radius 2 is 2.27 bits per heavy atom. The summed E-state index contributed by atoms with van der Waals surface area (Å²) in [6.45, 7) is 4.66. The van der Waals surface area contributed by atoms with Crippen LogP contribution < -0.4 is 5.38 Å². The molecule has 1 aromatic rings. The van der Waals surface area contributed by atoms with Gasteiger partial charge in [0.05, 0.1) is 11.6 Å². The second kappa shape index (κ2) is 3.24. The molecule has 0 aliphatic carbocycles. The standard InChI is InChI=1S/C8H14O2Si/c1-11(2,7-5-9)8-4-3-6-10-8/h3-4,6,9H,5,7H2,1-2H3. The predicted molar refractivity (Wildman–Crippen MR) is 47.7 cm³/mol. The lowest BCUT2D eigenvalue weighted by Gasteiger charge is -2.17. The zero-order valence-corrected chi connectivity index (χ0v) is 8.00. The van der Waals surface area contributed by atoms with Gasteiger partial charge in [0.15, 0.2) is 0 Å². The van der Waals surface area contributed by atoms with Crippen LogP contribution in [0.15, 0.2) is 22.8 Å². The molecular weight excluding hydrogens is 156 g/mol. The Bertz CT molecular complexity index is 204. The topological polar surface area (TPSA) is 33.4 Å². The van der Waals surface area contributed by atoms with Crippen molar-refractivity contribution in [1.29, 1.82) is 0 Å². The van der Waals surface area contributed by atoms with Crippen molar-refractivity contribution in [3.8, 4) is 0 Å². The SMILES string of the molecule is C[Si](C)(CCO)c1ccco1. The van der Waals surface area contributed by atoms with Crippen LogP contribution in [0, 0.1) is 0 Å². The van der Waals surface area contributed by atoms with E-state index in [0.717, 1.165) is 11.4 Å². The molecule has 1 heterocycles. The van der Waals surface area contributed by atoms with Gasteiger partial charge >= 0.3 is 0 Å². The summed E-state index contributed by atoms with van der Waals surface area (Å²) in [4.78, 5) is 0. The highest BCUT2D eigenvalue weighted by molar-refractivity contribution is 6.88. The van der Waals surface area contributed by atoms with Gasteiger partial charge in [0.25, 0.3) is 0 Å². The molecule has 0 amide bonds. The van der Waals surface area contributed by atoms with E-state index in [1.165, 1.54) is 0 Å². The van der Waals surface area contributed by atoms with Gasteiger partial charge in [0, 0.05) is 6.61 Å². The van der Waals surface area contributed by atoms with Gasteiger partial charge in [-0.25, -0.2) is 0 Å². The molecular formula is C8H14O2Si. The fourth-order valence-electron chi connectivity index (χ4n) is 1.07. The minimum absolute atomic E-state index is 0.264. The first-order valence-electron chi connectivity index (χ1n) is 3.81. The fourth-order valence-corrected chi connectivity index (χ4v) is 2.81. The van der Waals surface area contributed by atoms with Gasteiger partial charge < -0.3 is 9.52 Å². The molecule has 1 aromatic heterocycles. The number of hydrogen-bond donors (Lipinski definition) is 1. The van der Waals surface area contributed by atoms with Crippen LogP contribution in [0.2, 0.25) is 19.1 Å². The van der Waals surface area contributed by atoms with Gasteiger partial charge in [-0.3, -0.25) is 0 Å². The summed E-state index contributed by atoms with van der Waals surface area (Å²) in [5.74, 6) is 0. The van der Waals surface area contributed by atoms with E-state index in [1.54, 1.807) is 6.26 Å². The number of furan rings is 1. The quantitative estimate of drug-likeness (QED) is 0.691. The maximum absolute atomic E-state index is 8.79. The van der Waals surface area contributed by atoms with E-state index >= 15 is 0 Å². The van der Waals surface area contributed by atoms with Crippen molar-refractivity contribution >= 4 is 13.5 Å². The van der Waals surface area contributed by atoms with Crippen molar-refractivity contribution in [3.63, 3.8) is 0 Å². The average Bonchev–Trinajstić information content (AvgIpc) is 2.37. The van der Waals surface area contributed by atoms with Crippen LogP contribution in [0.5, 0.6) is 0 Å². The molecule has 0 atom stereocenters. The molecule has 1 rings (SSSR count). The summed E-state index contributed by atoms with van der Waals surface area (Å²) in [7, 11) is -1.44. The lowest BCUT2D eigenvalue weighted by Crippen LogP contribution is -2.40. The maximum atomic E-state index is 8.79. The van der Waals surface area contributed by atoms with E-state index in [9.17, 15) is 0 Å². The molecule has 0 fully saturated rings. The summed E-state index contributed by atoms with van der Waals surface area (Å²) in [6.07, 6.45) is 1.70. The third-order valence-electron chi connectivity index (χ3n) is 1.93. The molecule has 0 aliphatic heterocycles. The first-order chi connectivity index (χ1) is 5.17. The smallest absolute Gasteiger partial charge is 0.128 e. The van der Waals surface area contributed by atoms with E-state index in [1.807, 2.05) is 12.1 Å². The van der Waals surface area contributed by atoms with Gasteiger partial charge in [-0.2, -0.15) is 0 Å². The number of rotatable bonds is 3. The van der Waals surface area contributed by atoms with Gasteiger partial charge in [-0.05, 0) is 18.2 Å². The average molecular weight is 170 g/mol. The highest BCUT2D eigenvalue weighted by atomic mass is 28.3. The zero-order chi connectivity index (χ0) is 8.32. The molecule has 0 unspecified atom stereocenters. The number of aliphatic hydroxyl groups is 1. The molecule has 0 saturated heterocycles. The van der Waals surface area contributed by atoms with E-state index in [4.69, 9.17) is 9.52 Å². The van der Waals surface area contributed by atoms with E-state index in [-0.39, 0.29) is 6.61 Å². The minimum Gasteiger partial charge on any atom is -0.475 e. The molecule has 0 bridgehead atoms. The molecule has 2 nitrogen and oxygen atoms in total. The molecule has 0 aliphatic rings. The predicted octanol–water partition coefficient (Wildman–Crippen LogP) is 1.19. The Hall–Kier alpha value is -0.543. The normalized spacial score (nSPS) is 11.9. The maximum Gasteiger partial charge on any atom is 0.128 e. The van der Waals surface area contributed by atoms with Gasteiger partial charge in [-0.1, -0.05) is 13.1 Å². The first kappa shape index (κ1) is 8.55. The molecule has 0 aromatic carbocycles. The van der Waals surface area contributed by atoms with Gasteiger partial charge in [0.1, 0.15) is 8.07 Å². The van der Waals surface area contributed by atoms with E-state index in [2.05, 4.69) is 13.1 Å². The molecule has 0 radical (unpaired) electrons. The lowest BCUT2D eigenvalue weighted by atomic mass is 10.7. The second-order valence-electron chi connectivity index (χ2n) is 3.33. The van der Waals surface area contributed by atoms with Crippen molar-refractivity contribution < 1.29 is 9.52 Å². The van der Waals surface area contributed by atoms with Crippen LogP contribution in [-0.2, 0) is 0 Å². The van der Waals surface area contributed by atoms with Crippen molar-refractivity contribution in [2.75, 3.05) is 6.61 Å². The first-order valence-corrected chi connectivity index (χ1v) is 7.02. The van der Waals surface area contributed by atoms with Crippen molar-refractivity contribution in [1.82, 2.24) is 0 Å². The minimum atomic E-state index is -1.44. The number of aliphatic hydroxyl groups excluding tert-OH is 1. The van der Waals surface area contributed by atoms with Gasteiger partial charge in [-0.15, -0.1) is 0 Å². The monoisotopic (exact) mass is 170 g/mol. The molecule has 0 saturated carbocycles. The highest BCUT2D eigenvalue weighted by Crippen LogP contribution is 2.08. The van der Waals surface area contributed by atoms with E-state index in [0.29, 0.717) is 0 Å². The Kier molecular flexibility index (Phi) is 2.52. The van der Waals surface area contributed by atoms with Crippen LogP contribution in [0.25, 0.3) is 0 Å². The summed E-state index contributed by atoms with van der Waals surface area (Å²) in [6, 6.07) is 4.78. The summed E-state index contributed by atoms with van der Waals surface area (Å²) in [5, 5.41) is 9.87. The molecule has 0 spiro atoms. The Balaban J connectivity index is 2.73. The van der Waals surface area contributed by atoms with Gasteiger partial charge in [0.2, 0.25) is 0 Å². The highest BCUT2D eigenvalue weighted by Gasteiger charge is 2.25. The van der Waals surface area contributed by atoms with Crippen molar-refractivity contribution in [2.45, 2.75) is 19.1 Å². The summed E-state index contributed by atoms with van der Waals surface area (Å²) < 4.78 is 5.30. The molecule has 3 heteroatoms. The van der Waals surface area contributed by atoms with Crippen LogP contribution >= 0.6 is 0 Å². The van der Waals surface area contributed by atoms with E-state index < -0.39 is 8.07 Å². The fraction of sp³-hybridized carbons (Fsp3) is 0.500. The Morgan fingerprint density at radius 3 is 2.73 bits per heavy atom. The Labute approximate surface area is 67.9 Å². The second-order valence-corrected chi connectivity index (χ2v) is 8.10. The van der Waals surface area contributed by atoms with Crippen molar-refractivity contribution in [3.05, 3.63) is 18.4 Å². The zero-order valence-electron chi connectivity index (χ0n) is 7.00. The third-order valence-corrected chi connectivity index (χ3v) is 5.02. The molecule has 11 heavy (non-hydrogen) atoms. The molecule has 1 N–H and O–H groups in total. The lowest BCUT2D eigenvalue weighted by molar-refractivity contribution is 0.316. The summed E-state index contributed by atoms with van der Waals surface area (Å²) in [5.41, 5.74) is 0. The van der Waals surface area contributed by atoms with Crippen LogP contribution in [0.3, 0.4) is 0 Å². The summed E-state index contributed by atoms with van der Waals surface area (Å²) >= 11 is 0. The van der Waals surface area contributed by atoms with Crippen LogP contribution in [-0.4, -0.2) is 19.8 Å². The Morgan fingerprint density at radius 1 is 1.55 bits per heavy atom. The van der Waals surface area contributed by atoms with Crippen LogP contribution in [0.1, 0.15) is 0 Å². The largest absolute Gasteiger partial charge is 0.475 e.